The molecule has 0 aliphatic rings. The van der Waals surface area contributed by atoms with Crippen molar-refractivity contribution in [3.63, 3.8) is 0 Å². The normalized spacial score (nSPS) is 6.86. The van der Waals surface area contributed by atoms with Crippen LogP contribution in [0.3, 0.4) is 0 Å². The number of hydrogen-bond acceptors (Lipinski definition) is 3. The third kappa shape index (κ3) is 19.6. The van der Waals surface area contributed by atoms with E-state index >= 15 is 0 Å². The maximum absolute atomic E-state index is 4.67. The molecular formula is C3H9ClOS2. The smallest absolute Gasteiger partial charge is 0.0108 e. The van der Waals surface area contributed by atoms with E-state index in [1.807, 2.05) is 12.5 Å². The molecule has 1 nitrogen and oxygen atoms in total. The van der Waals surface area contributed by atoms with Crippen LogP contribution < -0.4 is 0 Å². The van der Waals surface area contributed by atoms with Gasteiger partial charge in [-0.05, 0) is 0 Å². The SMILES string of the molecule is CCl.CSOSC. The second kappa shape index (κ2) is 15.8. The van der Waals surface area contributed by atoms with Crippen LogP contribution in [-0.4, -0.2) is 18.9 Å². The number of alkyl halides is 1. The summed E-state index contributed by atoms with van der Waals surface area (Å²) in [5.74, 6) is 0. The first kappa shape index (κ1) is 10.8. The van der Waals surface area contributed by atoms with Crippen molar-refractivity contribution in [2.75, 3.05) is 18.9 Å². The van der Waals surface area contributed by atoms with Crippen LogP contribution >= 0.6 is 35.7 Å². The van der Waals surface area contributed by atoms with E-state index in [4.69, 9.17) is 0 Å². The molecule has 0 radical (unpaired) electrons. The van der Waals surface area contributed by atoms with Gasteiger partial charge in [0.1, 0.15) is 0 Å². The molecule has 0 atom stereocenters. The molecule has 0 aromatic heterocycles. The Bertz CT molecular complexity index is 20.4. The van der Waals surface area contributed by atoms with Gasteiger partial charge < -0.3 is 0 Å². The summed E-state index contributed by atoms with van der Waals surface area (Å²) in [6, 6.07) is 0. The molecule has 0 spiro atoms. The van der Waals surface area contributed by atoms with Gasteiger partial charge in [-0.15, -0.1) is 11.6 Å². The number of hydrogen-bond donors (Lipinski definition) is 0. The Kier molecular flexibility index (Phi) is 24.4. The molecule has 0 aliphatic heterocycles. The molecule has 0 aromatic carbocycles. The topological polar surface area (TPSA) is 9.23 Å². The lowest BCUT2D eigenvalue weighted by atomic mass is 12.0. The number of halogens is 1. The van der Waals surface area contributed by atoms with Gasteiger partial charge in [0.2, 0.25) is 0 Å². The van der Waals surface area contributed by atoms with E-state index in [-0.39, 0.29) is 0 Å². The molecule has 0 aliphatic carbocycles. The predicted molar refractivity (Wildman–Crippen MR) is 39.9 cm³/mol. The Morgan fingerprint density at radius 2 is 1.43 bits per heavy atom. The summed E-state index contributed by atoms with van der Waals surface area (Å²) in [4.78, 5) is 0. The molecule has 0 N–H and O–H groups in total. The summed E-state index contributed by atoms with van der Waals surface area (Å²) in [6.45, 7) is 0. The minimum Gasteiger partial charge on any atom is -0.248 e. The highest BCUT2D eigenvalue weighted by Crippen LogP contribution is 2.04. The van der Waals surface area contributed by atoms with Gasteiger partial charge in [0.25, 0.3) is 0 Å². The molecule has 0 bridgehead atoms. The van der Waals surface area contributed by atoms with Crippen molar-refractivity contribution in [3.05, 3.63) is 0 Å². The van der Waals surface area contributed by atoms with Crippen molar-refractivity contribution >= 4 is 35.7 Å². The zero-order valence-corrected chi connectivity index (χ0v) is 6.99. The van der Waals surface area contributed by atoms with Crippen LogP contribution in [0.5, 0.6) is 0 Å². The van der Waals surface area contributed by atoms with Crippen LogP contribution in [0, 0.1) is 0 Å². The molecule has 0 unspecified atom stereocenters. The molecular weight excluding hydrogens is 152 g/mol. The summed E-state index contributed by atoms with van der Waals surface area (Å²) in [6.07, 6.45) is 5.24. The fraction of sp³-hybridized carbons (Fsp3) is 1.00. The molecule has 0 aromatic rings. The second-order valence-corrected chi connectivity index (χ2v) is 1.61. The van der Waals surface area contributed by atoms with E-state index < -0.39 is 0 Å². The molecule has 0 heterocycles. The first-order valence-corrected chi connectivity index (χ1v) is 4.58. The first-order chi connectivity index (χ1) is 3.41. The van der Waals surface area contributed by atoms with Crippen LogP contribution in [0.25, 0.3) is 0 Å². The monoisotopic (exact) mass is 160 g/mol. The summed E-state index contributed by atoms with van der Waals surface area (Å²) < 4.78 is 4.67. The summed E-state index contributed by atoms with van der Waals surface area (Å²) in [7, 11) is 0. The van der Waals surface area contributed by atoms with Crippen molar-refractivity contribution in [1.82, 2.24) is 0 Å². The first-order valence-electron chi connectivity index (χ1n) is 1.53. The Balaban J connectivity index is 0. The fourth-order valence-corrected chi connectivity index (χ4v) is 0.612. The highest BCUT2D eigenvalue weighted by Gasteiger charge is 1.66. The van der Waals surface area contributed by atoms with Gasteiger partial charge in [-0.25, -0.2) is 3.63 Å². The Morgan fingerprint density at radius 1 is 1.14 bits per heavy atom. The van der Waals surface area contributed by atoms with Crippen LogP contribution in [0.4, 0.5) is 0 Å². The number of rotatable bonds is 2. The Labute approximate surface area is 58.6 Å². The molecule has 0 amide bonds. The average molecular weight is 161 g/mol. The van der Waals surface area contributed by atoms with Gasteiger partial charge >= 0.3 is 0 Å². The second-order valence-electron chi connectivity index (χ2n) is 0.401. The largest absolute Gasteiger partial charge is 0.248 e. The molecule has 7 heavy (non-hydrogen) atoms. The highest BCUT2D eigenvalue weighted by atomic mass is 35.5. The molecule has 46 valence electrons. The lowest BCUT2D eigenvalue weighted by molar-refractivity contribution is 0.769. The van der Waals surface area contributed by atoms with Crippen molar-refractivity contribution in [2.45, 2.75) is 0 Å². The summed E-state index contributed by atoms with van der Waals surface area (Å²) >= 11 is 7.37. The van der Waals surface area contributed by atoms with Gasteiger partial charge in [-0.3, -0.25) is 0 Å². The molecule has 0 saturated heterocycles. The maximum atomic E-state index is 4.67. The zero-order chi connectivity index (χ0) is 6.12. The van der Waals surface area contributed by atoms with Gasteiger partial charge in [0.15, 0.2) is 0 Å². The summed E-state index contributed by atoms with van der Waals surface area (Å²) in [5, 5.41) is 0. The molecule has 0 fully saturated rings. The highest BCUT2D eigenvalue weighted by molar-refractivity contribution is 8.07. The van der Waals surface area contributed by atoms with E-state index in [2.05, 4.69) is 15.2 Å². The van der Waals surface area contributed by atoms with E-state index in [0.29, 0.717) is 0 Å². The lowest BCUT2D eigenvalue weighted by Gasteiger charge is -1.82. The summed E-state index contributed by atoms with van der Waals surface area (Å²) in [5.41, 5.74) is 0. The van der Waals surface area contributed by atoms with Crippen LogP contribution in [-0.2, 0) is 3.63 Å². The predicted octanol–water partition coefficient (Wildman–Crippen LogP) is 2.41. The van der Waals surface area contributed by atoms with Gasteiger partial charge in [-0.2, -0.15) is 0 Å². The van der Waals surface area contributed by atoms with Crippen molar-refractivity contribution < 1.29 is 3.63 Å². The van der Waals surface area contributed by atoms with Crippen molar-refractivity contribution in [3.8, 4) is 0 Å². The van der Waals surface area contributed by atoms with Crippen molar-refractivity contribution in [2.24, 2.45) is 0 Å². The Hall–Kier alpha value is 0.950. The molecule has 4 heteroatoms. The lowest BCUT2D eigenvalue weighted by Crippen LogP contribution is -1.51. The third-order valence-electron chi connectivity index (χ3n) is 0.136. The van der Waals surface area contributed by atoms with Gasteiger partial charge in [0.05, 0.1) is 0 Å². The zero-order valence-electron chi connectivity index (χ0n) is 4.60. The van der Waals surface area contributed by atoms with Crippen LogP contribution in [0.1, 0.15) is 0 Å². The van der Waals surface area contributed by atoms with E-state index in [0.717, 1.165) is 0 Å². The minimum absolute atomic E-state index is 1.36. The van der Waals surface area contributed by atoms with Crippen molar-refractivity contribution in [1.29, 1.82) is 0 Å². The quantitative estimate of drug-likeness (QED) is 0.454. The van der Waals surface area contributed by atoms with Gasteiger partial charge in [-0.1, -0.05) is 0 Å². The third-order valence-corrected chi connectivity index (χ3v) is 1.22. The molecule has 0 saturated carbocycles. The van der Waals surface area contributed by atoms with E-state index in [1.54, 1.807) is 0 Å². The maximum Gasteiger partial charge on any atom is 0.0108 e. The average Bonchev–Trinajstić information content (AvgIpc) is 1.75. The van der Waals surface area contributed by atoms with E-state index in [9.17, 15) is 0 Å². The van der Waals surface area contributed by atoms with Crippen LogP contribution in [0.2, 0.25) is 0 Å². The van der Waals surface area contributed by atoms with Crippen LogP contribution in [0.15, 0.2) is 0 Å². The Morgan fingerprint density at radius 3 is 1.43 bits per heavy atom. The van der Waals surface area contributed by atoms with Gasteiger partial charge in [0, 0.05) is 43.0 Å². The minimum atomic E-state index is 1.36. The fourth-order valence-electron chi connectivity index (χ4n) is 0.0680. The molecule has 0 rings (SSSR count). The standard InChI is InChI=1S/C2H6OS2.CH3Cl/c1-4-3-5-2;1-2/h1-2H3;1H3. The van der Waals surface area contributed by atoms with E-state index in [1.165, 1.54) is 30.5 Å².